The highest BCUT2D eigenvalue weighted by molar-refractivity contribution is 5.22. The van der Waals surface area contributed by atoms with Crippen molar-refractivity contribution in [2.75, 3.05) is 20.1 Å². The Morgan fingerprint density at radius 2 is 2.15 bits per heavy atom. The predicted octanol–water partition coefficient (Wildman–Crippen LogP) is 2.21. The molecule has 1 fully saturated rings. The Balaban J connectivity index is 1.58. The van der Waals surface area contributed by atoms with E-state index in [1.54, 1.807) is 12.1 Å². The van der Waals surface area contributed by atoms with Crippen molar-refractivity contribution in [3.05, 3.63) is 41.9 Å². The maximum absolute atomic E-state index is 12.8. The largest absolute Gasteiger partial charge is 0.484 e. The van der Waals surface area contributed by atoms with Crippen LogP contribution in [0.25, 0.3) is 0 Å². The molecule has 0 radical (unpaired) electrons. The second-order valence-electron chi connectivity index (χ2n) is 5.02. The van der Waals surface area contributed by atoms with Crippen molar-refractivity contribution in [3.63, 3.8) is 0 Å². The number of halogens is 1. The molecule has 1 aromatic heterocycles. The Bertz CT molecular complexity index is 570. The van der Waals surface area contributed by atoms with Crippen LogP contribution < -0.4 is 4.74 Å². The fourth-order valence-electron chi connectivity index (χ4n) is 2.30. The Morgan fingerprint density at radius 1 is 1.35 bits per heavy atom. The first kappa shape index (κ1) is 13.1. The molecule has 2 heterocycles. The van der Waals surface area contributed by atoms with Crippen LogP contribution in [0.1, 0.15) is 24.1 Å². The van der Waals surface area contributed by atoms with E-state index < -0.39 is 0 Å². The van der Waals surface area contributed by atoms with Gasteiger partial charge < -0.3 is 14.1 Å². The standard InChI is InChI=1S/C14H16FN3O2/c1-18-7-6-10(8-18)14-17-16-13(20-14)9-19-12-4-2-11(15)3-5-12/h2-5,10H,6-9H2,1H3/t10-/m0/s1. The van der Waals surface area contributed by atoms with E-state index in [-0.39, 0.29) is 12.4 Å². The molecule has 20 heavy (non-hydrogen) atoms. The highest BCUT2D eigenvalue weighted by Gasteiger charge is 2.26. The quantitative estimate of drug-likeness (QED) is 0.857. The predicted molar refractivity (Wildman–Crippen MR) is 69.9 cm³/mol. The van der Waals surface area contributed by atoms with E-state index >= 15 is 0 Å². The average Bonchev–Trinajstić information content (AvgIpc) is 3.07. The number of benzene rings is 1. The third-order valence-electron chi connectivity index (χ3n) is 3.40. The zero-order valence-electron chi connectivity index (χ0n) is 11.3. The van der Waals surface area contributed by atoms with Crippen molar-refractivity contribution in [3.8, 4) is 5.75 Å². The maximum atomic E-state index is 12.8. The molecular weight excluding hydrogens is 261 g/mol. The fourth-order valence-corrected chi connectivity index (χ4v) is 2.30. The summed E-state index contributed by atoms with van der Waals surface area (Å²) in [6.45, 7) is 2.19. The Hall–Kier alpha value is -1.95. The Morgan fingerprint density at radius 3 is 2.85 bits per heavy atom. The van der Waals surface area contributed by atoms with Gasteiger partial charge in [0.05, 0.1) is 5.92 Å². The van der Waals surface area contributed by atoms with E-state index in [0.717, 1.165) is 19.5 Å². The molecular formula is C14H16FN3O2. The molecule has 0 amide bonds. The summed E-state index contributed by atoms with van der Waals surface area (Å²) in [7, 11) is 2.08. The van der Waals surface area contributed by atoms with E-state index in [9.17, 15) is 4.39 Å². The van der Waals surface area contributed by atoms with Gasteiger partial charge in [-0.05, 0) is 44.3 Å². The van der Waals surface area contributed by atoms with E-state index in [1.807, 2.05) is 0 Å². The molecule has 2 aromatic rings. The molecule has 0 saturated carbocycles. The molecule has 0 N–H and O–H groups in total. The molecule has 5 nitrogen and oxygen atoms in total. The molecule has 1 aliphatic rings. The minimum atomic E-state index is -0.289. The first-order chi connectivity index (χ1) is 9.70. The molecule has 1 aliphatic heterocycles. The lowest BCUT2D eigenvalue weighted by atomic mass is 10.1. The Kier molecular flexibility index (Phi) is 3.64. The van der Waals surface area contributed by atoms with Crippen molar-refractivity contribution in [1.82, 2.24) is 15.1 Å². The molecule has 6 heteroatoms. The monoisotopic (exact) mass is 277 g/mol. The summed E-state index contributed by atoms with van der Waals surface area (Å²) in [6.07, 6.45) is 1.04. The molecule has 0 spiro atoms. The molecule has 0 aliphatic carbocycles. The van der Waals surface area contributed by atoms with Gasteiger partial charge in [-0.15, -0.1) is 10.2 Å². The smallest absolute Gasteiger partial charge is 0.253 e. The lowest BCUT2D eigenvalue weighted by Gasteiger charge is -2.05. The van der Waals surface area contributed by atoms with Crippen molar-refractivity contribution in [2.45, 2.75) is 18.9 Å². The molecule has 0 unspecified atom stereocenters. The summed E-state index contributed by atoms with van der Waals surface area (Å²) in [4.78, 5) is 2.24. The van der Waals surface area contributed by atoms with Crippen LogP contribution in [0.5, 0.6) is 5.75 Å². The van der Waals surface area contributed by atoms with Gasteiger partial charge in [-0.1, -0.05) is 0 Å². The van der Waals surface area contributed by atoms with Crippen molar-refractivity contribution < 1.29 is 13.5 Å². The number of hydrogen-bond donors (Lipinski definition) is 0. The van der Waals surface area contributed by atoms with Crippen LogP contribution in [0, 0.1) is 5.82 Å². The van der Waals surface area contributed by atoms with Gasteiger partial charge in [0.15, 0.2) is 6.61 Å². The van der Waals surface area contributed by atoms with Gasteiger partial charge in [0.2, 0.25) is 5.89 Å². The zero-order chi connectivity index (χ0) is 13.9. The number of likely N-dealkylation sites (tertiary alicyclic amines) is 1. The van der Waals surface area contributed by atoms with Gasteiger partial charge in [0, 0.05) is 6.54 Å². The van der Waals surface area contributed by atoms with Crippen molar-refractivity contribution >= 4 is 0 Å². The van der Waals surface area contributed by atoms with Gasteiger partial charge >= 0.3 is 0 Å². The van der Waals surface area contributed by atoms with Crippen LogP contribution >= 0.6 is 0 Å². The minimum Gasteiger partial charge on any atom is -0.484 e. The van der Waals surface area contributed by atoms with Gasteiger partial charge in [-0.3, -0.25) is 0 Å². The lowest BCUT2D eigenvalue weighted by Crippen LogP contribution is -2.13. The second-order valence-corrected chi connectivity index (χ2v) is 5.02. The van der Waals surface area contributed by atoms with E-state index in [0.29, 0.717) is 23.4 Å². The van der Waals surface area contributed by atoms with Gasteiger partial charge in [0.1, 0.15) is 11.6 Å². The molecule has 106 valence electrons. The topological polar surface area (TPSA) is 51.4 Å². The first-order valence-corrected chi connectivity index (χ1v) is 6.60. The van der Waals surface area contributed by atoms with Gasteiger partial charge in [-0.25, -0.2) is 4.39 Å². The van der Waals surface area contributed by atoms with Gasteiger partial charge in [0.25, 0.3) is 5.89 Å². The zero-order valence-corrected chi connectivity index (χ0v) is 11.3. The summed E-state index contributed by atoms with van der Waals surface area (Å²) < 4.78 is 23.8. The van der Waals surface area contributed by atoms with Crippen molar-refractivity contribution in [1.29, 1.82) is 0 Å². The highest BCUT2D eigenvalue weighted by atomic mass is 19.1. The van der Waals surface area contributed by atoms with Crippen LogP contribution in [0.2, 0.25) is 0 Å². The molecule has 1 atom stereocenters. The molecule has 1 aromatic carbocycles. The van der Waals surface area contributed by atoms with E-state index in [2.05, 4.69) is 22.1 Å². The number of ether oxygens (including phenoxy) is 1. The van der Waals surface area contributed by atoms with Crippen molar-refractivity contribution in [2.24, 2.45) is 0 Å². The van der Waals surface area contributed by atoms with Crippen LogP contribution in [-0.4, -0.2) is 35.2 Å². The second kappa shape index (κ2) is 5.58. The lowest BCUT2D eigenvalue weighted by molar-refractivity contribution is 0.256. The van der Waals surface area contributed by atoms with Crippen LogP contribution in [-0.2, 0) is 6.61 Å². The summed E-state index contributed by atoms with van der Waals surface area (Å²) >= 11 is 0. The number of hydrogen-bond acceptors (Lipinski definition) is 5. The third-order valence-corrected chi connectivity index (χ3v) is 3.40. The van der Waals surface area contributed by atoms with Crippen LogP contribution in [0.15, 0.2) is 28.7 Å². The number of aromatic nitrogens is 2. The van der Waals surface area contributed by atoms with Crippen LogP contribution in [0.4, 0.5) is 4.39 Å². The fraction of sp³-hybridized carbons (Fsp3) is 0.429. The molecule has 1 saturated heterocycles. The molecule has 3 rings (SSSR count). The average molecular weight is 277 g/mol. The molecule has 0 bridgehead atoms. The minimum absolute atomic E-state index is 0.196. The summed E-state index contributed by atoms with van der Waals surface area (Å²) in [5.41, 5.74) is 0. The van der Waals surface area contributed by atoms with Gasteiger partial charge in [-0.2, -0.15) is 0 Å². The number of nitrogens with zero attached hydrogens (tertiary/aromatic N) is 3. The first-order valence-electron chi connectivity index (χ1n) is 6.60. The third kappa shape index (κ3) is 2.96. The highest BCUT2D eigenvalue weighted by Crippen LogP contribution is 2.25. The van der Waals surface area contributed by atoms with E-state index in [4.69, 9.17) is 9.15 Å². The summed E-state index contributed by atoms with van der Waals surface area (Å²) in [6, 6.07) is 5.84. The van der Waals surface area contributed by atoms with Crippen LogP contribution in [0.3, 0.4) is 0 Å². The Labute approximate surface area is 116 Å². The summed E-state index contributed by atoms with van der Waals surface area (Å²) in [5, 5.41) is 8.06. The number of rotatable bonds is 4. The maximum Gasteiger partial charge on any atom is 0.253 e. The summed E-state index contributed by atoms with van der Waals surface area (Å²) in [5.74, 6) is 1.72. The normalized spacial score (nSPS) is 19.4. The number of likely N-dealkylation sites (N-methyl/N-ethyl adjacent to an activating group) is 1. The SMILES string of the molecule is CN1CC[C@H](c2nnc(COc3ccc(F)cc3)o2)C1. The van der Waals surface area contributed by atoms with E-state index in [1.165, 1.54) is 12.1 Å².